The first kappa shape index (κ1) is 7.77. The normalized spacial score (nSPS) is 29.1. The molecule has 0 bridgehead atoms. The molecule has 1 aromatic rings. The van der Waals surface area contributed by atoms with Crippen molar-refractivity contribution in [2.75, 3.05) is 6.54 Å². The van der Waals surface area contributed by atoms with Crippen LogP contribution in [0.1, 0.15) is 18.5 Å². The Morgan fingerprint density at radius 2 is 2.00 bits per heavy atom. The maximum absolute atomic E-state index is 3.27. The van der Waals surface area contributed by atoms with Crippen molar-refractivity contribution < 1.29 is 0 Å². The molecule has 1 heterocycles. The lowest BCUT2D eigenvalue weighted by Crippen LogP contribution is -2.24. The average Bonchev–Trinajstić information content (AvgIpc) is 2.53. The second-order valence-corrected chi connectivity index (χ2v) is 3.39. The van der Waals surface area contributed by atoms with E-state index in [1.165, 1.54) is 5.56 Å². The third kappa shape index (κ3) is 1.36. The smallest absolute Gasteiger partial charge is 0.0500 e. The summed E-state index contributed by atoms with van der Waals surface area (Å²) in [5.74, 6) is 0.674. The van der Waals surface area contributed by atoms with Gasteiger partial charge in [-0.3, -0.25) is 10.9 Å². The van der Waals surface area contributed by atoms with Crippen LogP contribution in [-0.4, -0.2) is 6.54 Å². The highest BCUT2D eigenvalue weighted by Crippen LogP contribution is 2.23. The van der Waals surface area contributed by atoms with Crippen molar-refractivity contribution in [2.24, 2.45) is 5.92 Å². The molecule has 2 heteroatoms. The van der Waals surface area contributed by atoms with Gasteiger partial charge < -0.3 is 0 Å². The highest BCUT2D eigenvalue weighted by molar-refractivity contribution is 5.20. The molecule has 64 valence electrons. The lowest BCUT2D eigenvalue weighted by Gasteiger charge is -2.13. The molecule has 2 N–H and O–H groups in total. The van der Waals surface area contributed by atoms with E-state index >= 15 is 0 Å². The monoisotopic (exact) mass is 162 g/mol. The molecule has 2 unspecified atom stereocenters. The van der Waals surface area contributed by atoms with E-state index in [1.54, 1.807) is 0 Å². The second kappa shape index (κ2) is 3.25. The Kier molecular flexibility index (Phi) is 2.11. The van der Waals surface area contributed by atoms with Crippen molar-refractivity contribution in [1.82, 2.24) is 10.9 Å². The van der Waals surface area contributed by atoms with Gasteiger partial charge in [-0.15, -0.1) is 0 Å². The molecule has 1 aliphatic heterocycles. The van der Waals surface area contributed by atoms with E-state index in [9.17, 15) is 0 Å². The molecule has 12 heavy (non-hydrogen) atoms. The Morgan fingerprint density at radius 3 is 2.58 bits per heavy atom. The number of benzene rings is 1. The van der Waals surface area contributed by atoms with Crippen molar-refractivity contribution in [3.05, 3.63) is 35.9 Å². The van der Waals surface area contributed by atoms with Crippen LogP contribution < -0.4 is 10.9 Å². The van der Waals surface area contributed by atoms with E-state index in [-0.39, 0.29) is 0 Å². The van der Waals surface area contributed by atoms with Crippen LogP contribution in [0.4, 0.5) is 0 Å². The molecule has 1 aromatic carbocycles. The highest BCUT2D eigenvalue weighted by atomic mass is 15.4. The van der Waals surface area contributed by atoms with Gasteiger partial charge in [0.15, 0.2) is 0 Å². The SMILES string of the molecule is CC1CNNC1c1ccccc1. The van der Waals surface area contributed by atoms with E-state index in [4.69, 9.17) is 0 Å². The first-order chi connectivity index (χ1) is 5.88. The fourth-order valence-electron chi connectivity index (χ4n) is 1.66. The molecule has 0 aromatic heterocycles. The number of hydrogen-bond acceptors (Lipinski definition) is 2. The number of hydrogen-bond donors (Lipinski definition) is 2. The predicted octanol–water partition coefficient (Wildman–Crippen LogP) is 1.47. The van der Waals surface area contributed by atoms with Crippen molar-refractivity contribution in [2.45, 2.75) is 13.0 Å². The summed E-state index contributed by atoms with van der Waals surface area (Å²) in [6.07, 6.45) is 0. The molecule has 2 rings (SSSR count). The Bertz CT molecular complexity index is 245. The Hall–Kier alpha value is -0.860. The van der Waals surface area contributed by atoms with Crippen LogP contribution in [0.5, 0.6) is 0 Å². The van der Waals surface area contributed by atoms with Crippen LogP contribution >= 0.6 is 0 Å². The summed E-state index contributed by atoms with van der Waals surface area (Å²) in [7, 11) is 0. The fraction of sp³-hybridized carbons (Fsp3) is 0.400. The third-order valence-electron chi connectivity index (χ3n) is 2.41. The van der Waals surface area contributed by atoms with Gasteiger partial charge in [-0.2, -0.15) is 0 Å². The summed E-state index contributed by atoms with van der Waals surface area (Å²) < 4.78 is 0. The van der Waals surface area contributed by atoms with Crippen molar-refractivity contribution in [3.8, 4) is 0 Å². The van der Waals surface area contributed by atoms with Crippen LogP contribution in [-0.2, 0) is 0 Å². The van der Waals surface area contributed by atoms with Crippen molar-refractivity contribution in [1.29, 1.82) is 0 Å². The van der Waals surface area contributed by atoms with Gasteiger partial charge in [0.2, 0.25) is 0 Å². The van der Waals surface area contributed by atoms with Gasteiger partial charge in [0.05, 0.1) is 6.04 Å². The molecule has 0 amide bonds. The van der Waals surface area contributed by atoms with E-state index in [1.807, 2.05) is 0 Å². The Labute approximate surface area is 73.0 Å². The first-order valence-electron chi connectivity index (χ1n) is 4.41. The zero-order chi connectivity index (χ0) is 8.39. The third-order valence-corrected chi connectivity index (χ3v) is 2.41. The molecular weight excluding hydrogens is 148 g/mol. The summed E-state index contributed by atoms with van der Waals surface area (Å²) in [5.41, 5.74) is 7.81. The molecule has 0 radical (unpaired) electrons. The van der Waals surface area contributed by atoms with Crippen molar-refractivity contribution in [3.63, 3.8) is 0 Å². The average molecular weight is 162 g/mol. The minimum absolute atomic E-state index is 0.478. The Morgan fingerprint density at radius 1 is 1.25 bits per heavy atom. The first-order valence-corrected chi connectivity index (χ1v) is 4.41. The molecule has 0 saturated carbocycles. The molecule has 1 aliphatic rings. The van der Waals surface area contributed by atoms with E-state index in [2.05, 4.69) is 48.1 Å². The van der Waals surface area contributed by atoms with Crippen LogP contribution in [0.15, 0.2) is 30.3 Å². The quantitative estimate of drug-likeness (QED) is 0.653. The molecule has 0 spiro atoms. The van der Waals surface area contributed by atoms with E-state index in [0.29, 0.717) is 12.0 Å². The maximum Gasteiger partial charge on any atom is 0.0500 e. The maximum atomic E-state index is 3.27. The van der Waals surface area contributed by atoms with Gasteiger partial charge in [0.1, 0.15) is 0 Å². The van der Waals surface area contributed by atoms with Gasteiger partial charge in [0.25, 0.3) is 0 Å². The molecule has 2 atom stereocenters. The van der Waals surface area contributed by atoms with Crippen LogP contribution in [0.2, 0.25) is 0 Å². The largest absolute Gasteiger partial charge is 0.257 e. The second-order valence-electron chi connectivity index (χ2n) is 3.39. The summed E-state index contributed by atoms with van der Waals surface area (Å²) in [5, 5.41) is 0. The van der Waals surface area contributed by atoms with Gasteiger partial charge in [-0.25, -0.2) is 0 Å². The molecular formula is C10H14N2. The minimum atomic E-state index is 0.478. The number of nitrogens with one attached hydrogen (secondary N) is 2. The molecule has 1 fully saturated rings. The highest BCUT2D eigenvalue weighted by Gasteiger charge is 2.23. The van der Waals surface area contributed by atoms with Gasteiger partial charge >= 0.3 is 0 Å². The number of hydrazine groups is 1. The van der Waals surface area contributed by atoms with Gasteiger partial charge in [-0.1, -0.05) is 37.3 Å². The predicted molar refractivity (Wildman–Crippen MR) is 49.5 cm³/mol. The summed E-state index contributed by atoms with van der Waals surface area (Å²) >= 11 is 0. The summed E-state index contributed by atoms with van der Waals surface area (Å²) in [4.78, 5) is 0. The molecule has 2 nitrogen and oxygen atoms in total. The van der Waals surface area contributed by atoms with Crippen LogP contribution in [0.3, 0.4) is 0 Å². The number of rotatable bonds is 1. The van der Waals surface area contributed by atoms with Crippen molar-refractivity contribution >= 4 is 0 Å². The van der Waals surface area contributed by atoms with Crippen LogP contribution in [0, 0.1) is 5.92 Å². The Balaban J connectivity index is 2.19. The van der Waals surface area contributed by atoms with E-state index in [0.717, 1.165) is 6.54 Å². The lowest BCUT2D eigenvalue weighted by atomic mass is 9.97. The molecule has 1 saturated heterocycles. The zero-order valence-electron chi connectivity index (χ0n) is 7.25. The van der Waals surface area contributed by atoms with Gasteiger partial charge in [0, 0.05) is 6.54 Å². The fourth-order valence-corrected chi connectivity index (χ4v) is 1.66. The minimum Gasteiger partial charge on any atom is -0.257 e. The van der Waals surface area contributed by atoms with Crippen LogP contribution in [0.25, 0.3) is 0 Å². The summed E-state index contributed by atoms with van der Waals surface area (Å²) in [6, 6.07) is 11.0. The lowest BCUT2D eigenvalue weighted by molar-refractivity contribution is 0.508. The topological polar surface area (TPSA) is 24.1 Å². The van der Waals surface area contributed by atoms with Gasteiger partial charge in [-0.05, 0) is 11.5 Å². The van der Waals surface area contributed by atoms with E-state index < -0.39 is 0 Å². The zero-order valence-corrected chi connectivity index (χ0v) is 7.25. The summed E-state index contributed by atoms with van der Waals surface area (Å²) in [6.45, 7) is 3.31. The standard InChI is InChI=1S/C10H14N2/c1-8-7-11-12-10(8)9-5-3-2-4-6-9/h2-6,8,10-12H,7H2,1H3. The molecule has 0 aliphatic carbocycles.